The van der Waals surface area contributed by atoms with Gasteiger partial charge in [0.25, 0.3) is 0 Å². The van der Waals surface area contributed by atoms with Crippen LogP contribution in [0.15, 0.2) is 48.8 Å². The van der Waals surface area contributed by atoms with Gasteiger partial charge in [-0.3, -0.25) is 0 Å². The van der Waals surface area contributed by atoms with Crippen molar-refractivity contribution in [1.82, 2.24) is 23.0 Å². The van der Waals surface area contributed by atoms with Crippen molar-refractivity contribution >= 4 is 61.3 Å². The number of hydrogen-bond donors (Lipinski definition) is 3. The fraction of sp³-hybridized carbons (Fsp3) is 0.433. The molecule has 5 atom stereocenters. The number of nitrogens with zero attached hydrogens (tertiary/aromatic N) is 5. The Morgan fingerprint density at radius 1 is 1.24 bits per heavy atom. The number of fused-ring (bicyclic) bond motifs is 2. The van der Waals surface area contributed by atoms with E-state index >= 15 is 0 Å². The number of carbonyl (C=O) groups excluding carboxylic acids is 1. The van der Waals surface area contributed by atoms with Crippen LogP contribution >= 0.6 is 4.13 Å². The van der Waals surface area contributed by atoms with E-state index in [-0.39, 0.29) is 30.5 Å². The van der Waals surface area contributed by atoms with E-state index in [9.17, 15) is 4.79 Å². The van der Waals surface area contributed by atoms with Crippen LogP contribution < -0.4 is 39.6 Å². The van der Waals surface area contributed by atoms with Crippen molar-refractivity contribution in [2.45, 2.75) is 58.6 Å². The molecule has 46 heavy (non-hydrogen) atoms. The van der Waals surface area contributed by atoms with Gasteiger partial charge in [0.2, 0.25) is 0 Å². The molecule has 2 aromatic heterocycles. The van der Waals surface area contributed by atoms with E-state index in [0.29, 0.717) is 34.9 Å². The molecule has 0 amide bonds. The van der Waals surface area contributed by atoms with Gasteiger partial charge in [-0.1, -0.05) is 0 Å². The van der Waals surface area contributed by atoms with E-state index < -0.39 is 43.4 Å². The average molecular weight is 782 g/mol. The summed E-state index contributed by atoms with van der Waals surface area (Å²) in [4.78, 5) is 27.7. The van der Waals surface area contributed by atoms with E-state index in [4.69, 9.17) is 41.5 Å². The number of hydrogen-bond acceptors (Lipinski definition) is 13. The van der Waals surface area contributed by atoms with Gasteiger partial charge in [0.1, 0.15) is 0 Å². The molecular formula is C30H39IN8O5PS-. The second kappa shape index (κ2) is 14.4. The van der Waals surface area contributed by atoms with Crippen LogP contribution in [0, 0.1) is 11.3 Å². The summed E-state index contributed by atoms with van der Waals surface area (Å²) in [5.74, 6) is 0.713. The van der Waals surface area contributed by atoms with Crippen LogP contribution in [0.1, 0.15) is 40.3 Å². The first-order chi connectivity index (χ1) is 21.8. The fourth-order valence-electron chi connectivity index (χ4n) is 5.07. The molecule has 0 saturated carbocycles. The molecule has 0 bridgehead atoms. The van der Waals surface area contributed by atoms with Gasteiger partial charge in [-0.2, -0.15) is 0 Å². The molecular weight excluding hydrogens is 742 g/mol. The normalized spacial score (nSPS) is 20.2. The van der Waals surface area contributed by atoms with Gasteiger partial charge in [-0.15, -0.1) is 0 Å². The summed E-state index contributed by atoms with van der Waals surface area (Å²) in [5, 5.41) is 10.5. The Kier molecular flexibility index (Phi) is 10.8. The number of carbonyl (C=O) groups is 1. The molecule has 13 nitrogen and oxygen atoms in total. The van der Waals surface area contributed by atoms with Crippen molar-refractivity contribution in [3.8, 4) is 5.75 Å². The fourth-order valence-corrected chi connectivity index (χ4v) is 11.8. The topological polar surface area (TPSA) is 163 Å². The van der Waals surface area contributed by atoms with Crippen molar-refractivity contribution < 1.29 is 44.2 Å². The number of nitrogens with two attached hydrogens (primary N) is 1. The first-order valence-corrected chi connectivity index (χ1v) is 21.3. The van der Waals surface area contributed by atoms with Gasteiger partial charge >= 0.3 is 284 Å². The van der Waals surface area contributed by atoms with Crippen LogP contribution in [0.5, 0.6) is 5.75 Å². The molecule has 1 fully saturated rings. The van der Waals surface area contributed by atoms with E-state index in [0.717, 1.165) is 10.8 Å². The third-order valence-corrected chi connectivity index (χ3v) is 15.3. The number of ether oxygens (including phenoxy) is 2. The van der Waals surface area contributed by atoms with Crippen molar-refractivity contribution in [2.75, 3.05) is 31.3 Å². The molecule has 0 aliphatic carbocycles. The molecule has 0 spiro atoms. The molecule has 248 valence electrons. The summed E-state index contributed by atoms with van der Waals surface area (Å²) in [6, 6.07) is 13.1. The number of nitrogens with one attached hydrogen (secondary N) is 2. The summed E-state index contributed by atoms with van der Waals surface area (Å²) < 4.78 is 27.1. The van der Waals surface area contributed by atoms with E-state index in [1.165, 1.54) is 0 Å². The van der Waals surface area contributed by atoms with Crippen LogP contribution in [0.2, 0.25) is 0 Å². The second-order valence-electron chi connectivity index (χ2n) is 11.5. The van der Waals surface area contributed by atoms with Gasteiger partial charge in [0, 0.05) is 0 Å². The molecule has 1 aliphatic heterocycles. The van der Waals surface area contributed by atoms with Crippen molar-refractivity contribution in [2.24, 2.45) is 5.92 Å². The minimum atomic E-state index is -2.98. The van der Waals surface area contributed by atoms with Gasteiger partial charge in [0.15, 0.2) is 0 Å². The van der Waals surface area contributed by atoms with Gasteiger partial charge in [-0.25, -0.2) is 0 Å². The van der Waals surface area contributed by atoms with Crippen molar-refractivity contribution in [3.63, 3.8) is 0 Å². The molecule has 4 N–H and O–H groups in total. The molecule has 4 aromatic rings. The van der Waals surface area contributed by atoms with Gasteiger partial charge in [-0.05, 0) is 0 Å². The minimum absolute atomic E-state index is 0.119. The zero-order valence-corrected chi connectivity index (χ0v) is 30.4. The Labute approximate surface area is 283 Å². The molecule has 2 aromatic carbocycles. The summed E-state index contributed by atoms with van der Waals surface area (Å²) in [6.07, 6.45) is 0.981. The van der Waals surface area contributed by atoms with Crippen LogP contribution in [0.4, 0.5) is 11.8 Å². The Balaban J connectivity index is 1.38. The number of esters is 1. The van der Waals surface area contributed by atoms with Crippen LogP contribution in [-0.2, 0) is 30.6 Å². The molecule has 5 rings (SSSR count). The Hall–Kier alpha value is -2.95. The number of nitrogen functional groups attached to an aromatic ring is 1. The number of halogens is 1. The third kappa shape index (κ3) is 7.77. The van der Waals surface area contributed by atoms with Crippen LogP contribution in [-0.4, -0.2) is 70.2 Å². The number of rotatable bonds is 13. The molecule has 0 unspecified atom stereocenters. The number of aromatic nitrogens is 4. The summed E-state index contributed by atoms with van der Waals surface area (Å²) in [6.45, 7) is 7.27. The number of imidazole rings is 1. The monoisotopic (exact) mass is 781 g/mol. The molecule has 1 saturated heterocycles. The second-order valence-corrected chi connectivity index (χ2v) is 22.3. The van der Waals surface area contributed by atoms with Gasteiger partial charge in [0.05, 0.1) is 0 Å². The summed E-state index contributed by atoms with van der Waals surface area (Å²) >= 11 is 4.98. The van der Waals surface area contributed by atoms with Gasteiger partial charge < -0.3 is 0 Å². The zero-order valence-electron chi connectivity index (χ0n) is 26.5. The SMILES string of the molecule is CC(=N)[C@H]1C[C@@H](CO[P@@](=S)(Oc2cccc3ccccc23)[I-]N[C@@H](C)C(=O)OC(C)C)O[C@H]1n1cnc2c(N(C)C)nc(N)nc21. The summed E-state index contributed by atoms with van der Waals surface area (Å²) in [5.41, 5.74) is 7.62. The average Bonchev–Trinajstić information content (AvgIpc) is 3.62. The summed E-state index contributed by atoms with van der Waals surface area (Å²) in [7, 11) is 3.72. The predicted octanol–water partition coefficient (Wildman–Crippen LogP) is 1.82. The predicted molar refractivity (Wildman–Crippen MR) is 178 cm³/mol. The maximum absolute atomic E-state index is 12.6. The Bertz CT molecular complexity index is 1780. The van der Waals surface area contributed by atoms with E-state index in [1.807, 2.05) is 79.9 Å². The third-order valence-electron chi connectivity index (χ3n) is 7.26. The first kappa shape index (κ1) is 34.4. The van der Waals surface area contributed by atoms with Crippen molar-refractivity contribution in [1.29, 1.82) is 5.41 Å². The Morgan fingerprint density at radius 2 is 1.98 bits per heavy atom. The molecule has 1 aliphatic rings. The molecule has 3 heterocycles. The Morgan fingerprint density at radius 3 is 2.70 bits per heavy atom. The zero-order chi connectivity index (χ0) is 33.2. The molecule has 0 radical (unpaired) electrons. The standard InChI is InChI=1S/C30H39IN8O5PS/c1-17(2)42-29(40)19(4)37-31-45(46,44-24-13-9-11-20-10-7-8-12-22(20)24)41-15-21-14-23(18(3)32)28(43-21)39-16-34-25-26(38(5)6)35-30(33)36-27(25)39/h7-13,16-17,19,21,23,28,32,37H,14-15H2,1-6H3,(H2,33,35,36)/q-1/t19-,21-,23+,28+,45+/m0/s1. The number of anilines is 2. The quantitative estimate of drug-likeness (QED) is 0.0595. The first-order valence-electron chi connectivity index (χ1n) is 14.8. The maximum atomic E-state index is 12.6. The number of benzene rings is 2. The molecule has 16 heteroatoms. The van der Waals surface area contributed by atoms with Crippen molar-refractivity contribution in [3.05, 3.63) is 48.8 Å². The van der Waals surface area contributed by atoms with E-state index in [1.54, 1.807) is 20.2 Å². The van der Waals surface area contributed by atoms with Crippen LogP contribution in [0.3, 0.4) is 0 Å². The van der Waals surface area contributed by atoms with Crippen LogP contribution in [0.25, 0.3) is 21.9 Å². The van der Waals surface area contributed by atoms with E-state index in [2.05, 4.69) is 18.5 Å².